The average molecular weight is 461 g/mol. The molecule has 34 heavy (non-hydrogen) atoms. The average Bonchev–Trinajstić information content (AvgIpc) is 3.11. The van der Waals surface area contributed by atoms with Crippen LogP contribution in [0.15, 0.2) is 54.6 Å². The number of nitrogens with one attached hydrogen (secondary N) is 2. The van der Waals surface area contributed by atoms with Crippen molar-refractivity contribution in [3.05, 3.63) is 60.2 Å². The molecule has 0 radical (unpaired) electrons. The molecule has 2 aliphatic heterocycles. The Morgan fingerprint density at radius 3 is 2.50 bits per heavy atom. The zero-order valence-electron chi connectivity index (χ0n) is 19.2. The number of anilines is 2. The molecular weight excluding hydrogens is 432 g/mol. The van der Waals surface area contributed by atoms with Crippen LogP contribution in [0.1, 0.15) is 25.3 Å². The number of nitrogens with zero attached hydrogens (tertiary/aromatic N) is 4. The number of hydrogen-bond acceptors (Lipinski definition) is 5. The molecule has 4 amide bonds. The van der Waals surface area contributed by atoms with Crippen LogP contribution in [0, 0.1) is 11.3 Å². The summed E-state index contributed by atoms with van der Waals surface area (Å²) in [6.07, 6.45) is 0.913. The molecule has 0 aromatic heterocycles. The van der Waals surface area contributed by atoms with E-state index in [1.807, 2.05) is 37.3 Å². The number of likely N-dealkylation sites (N-methyl/N-ethyl adjacent to an activating group) is 1. The van der Waals surface area contributed by atoms with Gasteiger partial charge >= 0.3 is 6.03 Å². The second kappa shape index (κ2) is 9.83. The second-order valence-electron chi connectivity index (χ2n) is 8.50. The van der Waals surface area contributed by atoms with Gasteiger partial charge in [0.25, 0.3) is 5.91 Å². The third kappa shape index (κ3) is 4.53. The largest absolute Gasteiger partial charge is 0.355 e. The summed E-state index contributed by atoms with van der Waals surface area (Å²) < 4.78 is 0. The molecule has 2 N–H and O–H groups in total. The first kappa shape index (κ1) is 23.1. The lowest BCUT2D eigenvalue weighted by Gasteiger charge is -2.43. The van der Waals surface area contributed by atoms with Crippen LogP contribution >= 0.6 is 0 Å². The fourth-order valence-electron chi connectivity index (χ4n) is 4.70. The number of likely N-dealkylation sites (tertiary alicyclic amines) is 1. The van der Waals surface area contributed by atoms with E-state index in [0.717, 1.165) is 5.69 Å². The molecule has 2 fully saturated rings. The number of piperidine rings is 1. The lowest BCUT2D eigenvalue weighted by atomic mass is 9.85. The van der Waals surface area contributed by atoms with Crippen molar-refractivity contribution in [1.29, 1.82) is 5.26 Å². The second-order valence-corrected chi connectivity index (χ2v) is 8.50. The first-order valence-corrected chi connectivity index (χ1v) is 11.4. The quantitative estimate of drug-likeness (QED) is 0.712. The van der Waals surface area contributed by atoms with E-state index >= 15 is 0 Å². The lowest BCUT2D eigenvalue weighted by Crippen LogP contribution is -2.58. The molecule has 1 spiro atoms. The van der Waals surface area contributed by atoms with Crippen LogP contribution in [-0.4, -0.2) is 66.0 Å². The molecule has 9 nitrogen and oxygen atoms in total. The monoisotopic (exact) mass is 460 g/mol. The molecule has 2 aromatic carbocycles. The highest BCUT2D eigenvalue weighted by atomic mass is 16.2. The Kier molecular flexibility index (Phi) is 6.68. The fraction of sp³-hybridized carbons (Fsp3) is 0.360. The maximum Gasteiger partial charge on any atom is 0.321 e. The summed E-state index contributed by atoms with van der Waals surface area (Å²) in [6.45, 7) is 3.49. The number of benzene rings is 2. The standard InChI is InChI=1S/C25H28N6O3/c1-2-27-22(32)17-30-18-31(21-9-4-3-5-10-21)25(23(30)33)11-13-29(14-12-25)24(34)28-20-8-6-7-19(15-20)16-26/h3-10,15H,2,11-14,17-18H2,1H3,(H,27,32)(H,28,34). The summed E-state index contributed by atoms with van der Waals surface area (Å²) >= 11 is 0. The van der Waals surface area contributed by atoms with Gasteiger partial charge in [-0.05, 0) is 50.1 Å². The fourth-order valence-corrected chi connectivity index (χ4v) is 4.70. The van der Waals surface area contributed by atoms with Crippen molar-refractivity contribution in [1.82, 2.24) is 15.1 Å². The van der Waals surface area contributed by atoms with Gasteiger partial charge < -0.3 is 25.3 Å². The summed E-state index contributed by atoms with van der Waals surface area (Å²) in [4.78, 5) is 44.0. The molecule has 4 rings (SSSR count). The lowest BCUT2D eigenvalue weighted by molar-refractivity contribution is -0.137. The van der Waals surface area contributed by atoms with Gasteiger partial charge in [-0.15, -0.1) is 0 Å². The molecule has 0 saturated carbocycles. The van der Waals surface area contributed by atoms with E-state index in [2.05, 4.69) is 21.6 Å². The number of carbonyl (C=O) groups is 3. The van der Waals surface area contributed by atoms with Gasteiger partial charge in [-0.2, -0.15) is 5.26 Å². The van der Waals surface area contributed by atoms with Crippen molar-refractivity contribution >= 4 is 29.2 Å². The number of rotatable bonds is 5. The number of urea groups is 1. The topological polar surface area (TPSA) is 109 Å². The molecule has 0 unspecified atom stereocenters. The van der Waals surface area contributed by atoms with Crippen LogP contribution in [0.5, 0.6) is 0 Å². The van der Waals surface area contributed by atoms with Crippen LogP contribution in [0.25, 0.3) is 0 Å². The van der Waals surface area contributed by atoms with Crippen LogP contribution in [0.2, 0.25) is 0 Å². The van der Waals surface area contributed by atoms with E-state index in [9.17, 15) is 14.4 Å². The Morgan fingerprint density at radius 1 is 1.09 bits per heavy atom. The van der Waals surface area contributed by atoms with Gasteiger partial charge in [-0.25, -0.2) is 4.79 Å². The van der Waals surface area contributed by atoms with E-state index in [0.29, 0.717) is 50.4 Å². The molecule has 0 bridgehead atoms. The van der Waals surface area contributed by atoms with Crippen LogP contribution in [0.3, 0.4) is 0 Å². The first-order valence-electron chi connectivity index (χ1n) is 11.4. The SMILES string of the molecule is CCNC(=O)CN1CN(c2ccccc2)C2(CCN(C(=O)Nc3cccc(C#N)c3)CC2)C1=O. The summed E-state index contributed by atoms with van der Waals surface area (Å²) in [5.74, 6) is -0.262. The third-order valence-electron chi connectivity index (χ3n) is 6.41. The van der Waals surface area contributed by atoms with Crippen molar-refractivity contribution in [3.8, 4) is 6.07 Å². The molecule has 0 aliphatic carbocycles. The van der Waals surface area contributed by atoms with E-state index in [-0.39, 0.29) is 24.4 Å². The number of amides is 4. The van der Waals surface area contributed by atoms with Crippen LogP contribution < -0.4 is 15.5 Å². The number of carbonyl (C=O) groups excluding carboxylic acids is 3. The molecule has 2 aliphatic rings. The summed E-state index contributed by atoms with van der Waals surface area (Å²) in [6, 6.07) is 18.3. The molecule has 176 valence electrons. The molecule has 9 heteroatoms. The van der Waals surface area contributed by atoms with Gasteiger partial charge in [0, 0.05) is 31.0 Å². The van der Waals surface area contributed by atoms with Crippen LogP contribution in [0.4, 0.5) is 16.2 Å². The smallest absolute Gasteiger partial charge is 0.321 e. The Bertz CT molecular complexity index is 1110. The van der Waals surface area contributed by atoms with Crippen molar-refractivity contribution in [3.63, 3.8) is 0 Å². The van der Waals surface area contributed by atoms with Gasteiger partial charge in [0.1, 0.15) is 12.1 Å². The minimum absolute atomic E-state index is 0.0111. The Labute approximate surface area is 198 Å². The van der Waals surface area contributed by atoms with Gasteiger partial charge in [0.2, 0.25) is 5.91 Å². The van der Waals surface area contributed by atoms with E-state index in [1.165, 1.54) is 0 Å². The number of nitriles is 1. The van der Waals surface area contributed by atoms with Gasteiger partial charge in [0.05, 0.1) is 18.3 Å². The summed E-state index contributed by atoms with van der Waals surface area (Å²) in [7, 11) is 0. The minimum atomic E-state index is -0.800. The Balaban J connectivity index is 1.50. The predicted octanol–water partition coefficient (Wildman–Crippen LogP) is 2.37. The Morgan fingerprint density at radius 2 is 1.82 bits per heavy atom. The highest BCUT2D eigenvalue weighted by Crippen LogP contribution is 2.39. The third-order valence-corrected chi connectivity index (χ3v) is 6.41. The maximum atomic E-state index is 13.6. The highest BCUT2D eigenvalue weighted by molar-refractivity contribution is 5.97. The van der Waals surface area contributed by atoms with Crippen molar-refractivity contribution in [2.45, 2.75) is 25.3 Å². The maximum absolute atomic E-state index is 13.6. The number of para-hydroxylation sites is 1. The molecule has 0 atom stereocenters. The molecule has 2 saturated heterocycles. The number of hydrogen-bond donors (Lipinski definition) is 2. The zero-order valence-corrected chi connectivity index (χ0v) is 19.2. The van der Waals surface area contributed by atoms with E-state index in [1.54, 1.807) is 34.1 Å². The highest BCUT2D eigenvalue weighted by Gasteiger charge is 2.54. The predicted molar refractivity (Wildman–Crippen MR) is 128 cm³/mol. The molecular formula is C25H28N6O3. The molecule has 2 heterocycles. The normalized spacial score (nSPS) is 16.9. The van der Waals surface area contributed by atoms with Crippen molar-refractivity contribution in [2.75, 3.05) is 43.1 Å². The van der Waals surface area contributed by atoms with E-state index in [4.69, 9.17) is 5.26 Å². The van der Waals surface area contributed by atoms with Crippen molar-refractivity contribution < 1.29 is 14.4 Å². The Hall–Kier alpha value is -4.06. The first-order chi connectivity index (χ1) is 16.5. The van der Waals surface area contributed by atoms with Gasteiger partial charge in [0.15, 0.2) is 0 Å². The van der Waals surface area contributed by atoms with Gasteiger partial charge in [-0.1, -0.05) is 24.3 Å². The minimum Gasteiger partial charge on any atom is -0.355 e. The van der Waals surface area contributed by atoms with Gasteiger partial charge in [-0.3, -0.25) is 9.59 Å². The van der Waals surface area contributed by atoms with Crippen LogP contribution in [-0.2, 0) is 9.59 Å². The zero-order chi connectivity index (χ0) is 24.1. The summed E-state index contributed by atoms with van der Waals surface area (Å²) in [5.41, 5.74) is 1.14. The van der Waals surface area contributed by atoms with E-state index < -0.39 is 5.54 Å². The molecule has 2 aromatic rings. The summed E-state index contributed by atoms with van der Waals surface area (Å²) in [5, 5.41) is 14.7. The van der Waals surface area contributed by atoms with Crippen molar-refractivity contribution in [2.24, 2.45) is 0 Å².